The second-order valence-corrected chi connectivity index (χ2v) is 7.04. The highest BCUT2D eigenvalue weighted by atomic mass is 16.5. The quantitative estimate of drug-likeness (QED) is 0.752. The molecule has 0 radical (unpaired) electrons. The topological polar surface area (TPSA) is 74.4 Å². The van der Waals surface area contributed by atoms with Gasteiger partial charge in [-0.1, -0.05) is 0 Å². The average molecular weight is 381 g/mol. The van der Waals surface area contributed by atoms with E-state index in [0.29, 0.717) is 24.4 Å². The van der Waals surface area contributed by atoms with Crippen LogP contribution in [0.4, 0.5) is 5.69 Å². The molecule has 0 saturated carbocycles. The van der Waals surface area contributed by atoms with Gasteiger partial charge in [0, 0.05) is 49.1 Å². The van der Waals surface area contributed by atoms with Crippen molar-refractivity contribution in [3.63, 3.8) is 0 Å². The number of benzene rings is 1. The zero-order valence-corrected chi connectivity index (χ0v) is 17.1. The highest BCUT2D eigenvalue weighted by Gasteiger charge is 2.25. The number of ether oxygens (including phenoxy) is 1. The largest absolute Gasteiger partial charge is 0.497 e. The first-order valence-electron chi connectivity index (χ1n) is 9.50. The maximum Gasteiger partial charge on any atom is 0.256 e. The Labute approximate surface area is 165 Å². The number of rotatable bonds is 6. The number of aromatic amines is 1. The number of H-pyrrole nitrogens is 1. The van der Waals surface area contributed by atoms with E-state index in [-0.39, 0.29) is 11.8 Å². The smallest absolute Gasteiger partial charge is 0.256 e. The van der Waals surface area contributed by atoms with Crippen molar-refractivity contribution in [1.82, 2.24) is 9.88 Å². The summed E-state index contributed by atoms with van der Waals surface area (Å²) in [6, 6.07) is 5.56. The fraction of sp³-hybridized carbons (Fsp3) is 0.364. The number of aromatic nitrogens is 1. The number of methoxy groups -OCH3 is 1. The maximum absolute atomic E-state index is 12.5. The Kier molecular flexibility index (Phi) is 5.58. The molecule has 2 N–H and O–H groups in total. The minimum atomic E-state index is -0.120. The number of hydrogen-bond acceptors (Lipinski definition) is 3. The van der Waals surface area contributed by atoms with Crippen molar-refractivity contribution in [3.05, 3.63) is 46.3 Å². The first-order chi connectivity index (χ1) is 13.3. The Bertz CT molecular complexity index is 956. The summed E-state index contributed by atoms with van der Waals surface area (Å²) in [6.07, 6.45) is 2.65. The molecule has 0 aliphatic carbocycles. The summed E-state index contributed by atoms with van der Waals surface area (Å²) < 4.78 is 5.30. The SMILES string of the molecule is CCN(CCc1[nH]c(/C=C2\C(=O)Nc3ccc(OC)cc32)c(C)c1C)C(C)=O. The van der Waals surface area contributed by atoms with Crippen LogP contribution in [0.2, 0.25) is 0 Å². The molecule has 0 fully saturated rings. The van der Waals surface area contributed by atoms with Crippen molar-refractivity contribution in [1.29, 1.82) is 0 Å². The number of amides is 2. The number of likely N-dealkylation sites (N-methyl/N-ethyl adjacent to an activating group) is 1. The van der Waals surface area contributed by atoms with E-state index in [9.17, 15) is 9.59 Å². The van der Waals surface area contributed by atoms with Gasteiger partial charge in [0.15, 0.2) is 0 Å². The molecule has 2 heterocycles. The van der Waals surface area contributed by atoms with E-state index in [1.54, 1.807) is 14.0 Å². The molecule has 1 aliphatic heterocycles. The summed E-state index contributed by atoms with van der Waals surface area (Å²) in [7, 11) is 1.61. The van der Waals surface area contributed by atoms with E-state index in [1.165, 1.54) is 0 Å². The summed E-state index contributed by atoms with van der Waals surface area (Å²) >= 11 is 0. The molecular weight excluding hydrogens is 354 g/mol. The lowest BCUT2D eigenvalue weighted by molar-refractivity contribution is -0.128. The predicted octanol–water partition coefficient (Wildman–Crippen LogP) is 3.54. The van der Waals surface area contributed by atoms with Gasteiger partial charge in [-0.05, 0) is 56.2 Å². The Morgan fingerprint density at radius 1 is 1.25 bits per heavy atom. The predicted molar refractivity (Wildman–Crippen MR) is 111 cm³/mol. The minimum Gasteiger partial charge on any atom is -0.497 e. The van der Waals surface area contributed by atoms with Crippen LogP contribution < -0.4 is 10.1 Å². The van der Waals surface area contributed by atoms with Gasteiger partial charge < -0.3 is 19.9 Å². The first kappa shape index (κ1) is 19.7. The van der Waals surface area contributed by atoms with E-state index in [0.717, 1.165) is 40.2 Å². The van der Waals surface area contributed by atoms with Gasteiger partial charge in [0.2, 0.25) is 5.91 Å². The highest BCUT2D eigenvalue weighted by Crippen LogP contribution is 2.36. The number of carbonyl (C=O) groups excluding carboxylic acids is 2. The number of anilines is 1. The van der Waals surface area contributed by atoms with Crippen LogP contribution in [0.15, 0.2) is 18.2 Å². The number of fused-ring (bicyclic) bond motifs is 1. The molecule has 1 aromatic heterocycles. The standard InChI is InChI=1S/C22H27N3O3/c1-6-25(15(4)26)10-9-19-13(2)14(3)21(23-19)12-18-17-11-16(28-5)7-8-20(17)24-22(18)27/h7-8,11-12,23H,6,9-10H2,1-5H3,(H,24,27)/b18-12-. The summed E-state index contributed by atoms with van der Waals surface area (Å²) in [5, 5.41) is 2.90. The van der Waals surface area contributed by atoms with E-state index < -0.39 is 0 Å². The average Bonchev–Trinajstić information content (AvgIpc) is 3.12. The molecule has 3 rings (SSSR count). The van der Waals surface area contributed by atoms with Gasteiger partial charge in [0.1, 0.15) is 5.75 Å². The second-order valence-electron chi connectivity index (χ2n) is 7.04. The Hall–Kier alpha value is -3.02. The van der Waals surface area contributed by atoms with Gasteiger partial charge in [0.05, 0.1) is 12.7 Å². The van der Waals surface area contributed by atoms with Crippen molar-refractivity contribution in [2.24, 2.45) is 0 Å². The number of nitrogens with one attached hydrogen (secondary N) is 2. The lowest BCUT2D eigenvalue weighted by atomic mass is 10.0. The Morgan fingerprint density at radius 2 is 2.00 bits per heavy atom. The van der Waals surface area contributed by atoms with Crippen molar-refractivity contribution >= 4 is 29.2 Å². The third-order valence-corrected chi connectivity index (χ3v) is 5.46. The van der Waals surface area contributed by atoms with Crippen LogP contribution in [0, 0.1) is 13.8 Å². The fourth-order valence-corrected chi connectivity index (χ4v) is 3.54. The molecule has 6 nitrogen and oxygen atoms in total. The van der Waals surface area contributed by atoms with Gasteiger partial charge in [-0.2, -0.15) is 0 Å². The lowest BCUT2D eigenvalue weighted by Gasteiger charge is -2.18. The minimum absolute atomic E-state index is 0.0824. The van der Waals surface area contributed by atoms with E-state index in [2.05, 4.69) is 17.2 Å². The van der Waals surface area contributed by atoms with Gasteiger partial charge in [-0.25, -0.2) is 0 Å². The molecule has 1 aliphatic rings. The fourth-order valence-electron chi connectivity index (χ4n) is 3.54. The van der Waals surface area contributed by atoms with Crippen molar-refractivity contribution in [2.75, 3.05) is 25.5 Å². The molecule has 2 amide bonds. The first-order valence-corrected chi connectivity index (χ1v) is 9.50. The van der Waals surface area contributed by atoms with Crippen molar-refractivity contribution in [2.45, 2.75) is 34.1 Å². The van der Waals surface area contributed by atoms with E-state index in [1.807, 2.05) is 43.0 Å². The maximum atomic E-state index is 12.5. The summed E-state index contributed by atoms with van der Waals surface area (Å²) in [4.78, 5) is 29.4. The molecule has 28 heavy (non-hydrogen) atoms. The van der Waals surface area contributed by atoms with Gasteiger partial charge in [-0.15, -0.1) is 0 Å². The van der Waals surface area contributed by atoms with Gasteiger partial charge in [0.25, 0.3) is 5.91 Å². The number of nitrogens with zero attached hydrogens (tertiary/aromatic N) is 1. The monoisotopic (exact) mass is 381 g/mol. The highest BCUT2D eigenvalue weighted by molar-refractivity contribution is 6.35. The molecule has 2 aromatic rings. The van der Waals surface area contributed by atoms with Gasteiger partial charge >= 0.3 is 0 Å². The van der Waals surface area contributed by atoms with Crippen molar-refractivity contribution in [3.8, 4) is 5.75 Å². The molecule has 148 valence electrons. The van der Waals surface area contributed by atoms with Crippen LogP contribution in [0.5, 0.6) is 5.75 Å². The van der Waals surface area contributed by atoms with Crippen molar-refractivity contribution < 1.29 is 14.3 Å². The second kappa shape index (κ2) is 7.92. The molecule has 0 saturated heterocycles. The number of carbonyl (C=O) groups is 2. The molecule has 0 unspecified atom stereocenters. The molecule has 1 aromatic carbocycles. The summed E-state index contributed by atoms with van der Waals surface area (Å²) in [5.41, 5.74) is 6.52. The molecule has 0 spiro atoms. The lowest BCUT2D eigenvalue weighted by Crippen LogP contribution is -2.30. The van der Waals surface area contributed by atoms with E-state index >= 15 is 0 Å². The van der Waals surface area contributed by atoms with Crippen LogP contribution >= 0.6 is 0 Å². The zero-order chi connectivity index (χ0) is 20.4. The van der Waals surface area contributed by atoms with E-state index in [4.69, 9.17) is 4.74 Å². The van der Waals surface area contributed by atoms with Crippen LogP contribution in [0.25, 0.3) is 11.6 Å². The third kappa shape index (κ3) is 3.67. The van der Waals surface area contributed by atoms with Crippen LogP contribution in [-0.2, 0) is 16.0 Å². The molecule has 0 bridgehead atoms. The van der Waals surface area contributed by atoms with Crippen LogP contribution in [-0.4, -0.2) is 41.9 Å². The summed E-state index contributed by atoms with van der Waals surface area (Å²) in [6.45, 7) is 9.06. The molecule has 6 heteroatoms. The van der Waals surface area contributed by atoms with Crippen LogP contribution in [0.3, 0.4) is 0 Å². The summed E-state index contributed by atoms with van der Waals surface area (Å²) in [5.74, 6) is 0.675. The Balaban J connectivity index is 1.91. The van der Waals surface area contributed by atoms with Crippen LogP contribution in [0.1, 0.15) is 41.9 Å². The Morgan fingerprint density at radius 3 is 2.64 bits per heavy atom. The number of hydrogen-bond donors (Lipinski definition) is 2. The van der Waals surface area contributed by atoms with Gasteiger partial charge in [-0.3, -0.25) is 9.59 Å². The molecular formula is C22H27N3O3. The molecule has 0 atom stereocenters. The normalized spacial score (nSPS) is 14.2. The third-order valence-electron chi connectivity index (χ3n) is 5.46. The zero-order valence-electron chi connectivity index (χ0n) is 17.1.